The lowest BCUT2D eigenvalue weighted by atomic mass is 10.2. The van der Waals surface area contributed by atoms with E-state index in [1.807, 2.05) is 42.2 Å². The maximum absolute atomic E-state index is 12.6. The summed E-state index contributed by atoms with van der Waals surface area (Å²) in [5.41, 5.74) is 2.14. The Bertz CT molecular complexity index is 697. The van der Waals surface area contributed by atoms with Gasteiger partial charge in [-0.1, -0.05) is 23.7 Å². The molecule has 1 amide bonds. The predicted molar refractivity (Wildman–Crippen MR) is 86.7 cm³/mol. The van der Waals surface area contributed by atoms with Gasteiger partial charge < -0.3 is 10.2 Å². The van der Waals surface area contributed by atoms with Crippen molar-refractivity contribution in [2.75, 3.05) is 19.6 Å². The van der Waals surface area contributed by atoms with Gasteiger partial charge in [-0.3, -0.25) is 4.79 Å². The van der Waals surface area contributed by atoms with Gasteiger partial charge in [0.2, 0.25) is 0 Å². The highest BCUT2D eigenvalue weighted by atomic mass is 35.5. The molecule has 0 saturated carbocycles. The van der Waals surface area contributed by atoms with Crippen LogP contribution < -0.4 is 5.32 Å². The van der Waals surface area contributed by atoms with Crippen LogP contribution >= 0.6 is 11.6 Å². The summed E-state index contributed by atoms with van der Waals surface area (Å²) in [4.78, 5) is 14.5. The molecule has 1 atom stereocenters. The van der Waals surface area contributed by atoms with Gasteiger partial charge in [-0.2, -0.15) is 5.10 Å². The van der Waals surface area contributed by atoms with E-state index >= 15 is 0 Å². The Kier molecular flexibility index (Phi) is 4.18. The maximum atomic E-state index is 12.6. The molecule has 1 aromatic carbocycles. The zero-order valence-corrected chi connectivity index (χ0v) is 13.5. The number of benzene rings is 1. The molecular weight excluding hydrogens is 300 g/mol. The number of nitrogens with one attached hydrogen (secondary N) is 1. The predicted octanol–water partition coefficient (Wildman–Crippen LogP) is 2.27. The number of carbonyl (C=O) groups is 1. The zero-order valence-electron chi connectivity index (χ0n) is 12.7. The Labute approximate surface area is 134 Å². The van der Waals surface area contributed by atoms with E-state index in [9.17, 15) is 4.79 Å². The minimum Gasteiger partial charge on any atom is -0.334 e. The van der Waals surface area contributed by atoms with E-state index in [4.69, 9.17) is 11.6 Å². The van der Waals surface area contributed by atoms with E-state index in [0.29, 0.717) is 29.8 Å². The molecule has 1 fully saturated rings. The largest absolute Gasteiger partial charge is 0.334 e. The number of nitrogens with zero attached hydrogens (tertiary/aromatic N) is 3. The zero-order chi connectivity index (χ0) is 15.7. The van der Waals surface area contributed by atoms with Crippen LogP contribution in [0, 0.1) is 6.92 Å². The molecule has 3 rings (SSSR count). The van der Waals surface area contributed by atoms with E-state index < -0.39 is 0 Å². The lowest BCUT2D eigenvalue weighted by Gasteiger charge is -2.31. The molecule has 1 aliphatic rings. The molecule has 0 radical (unpaired) electrons. The minimum absolute atomic E-state index is 0.0257. The van der Waals surface area contributed by atoms with Crippen LogP contribution in [-0.4, -0.2) is 46.3 Å². The summed E-state index contributed by atoms with van der Waals surface area (Å²) in [6.07, 6.45) is 0. The minimum atomic E-state index is -0.0257. The summed E-state index contributed by atoms with van der Waals surface area (Å²) in [7, 11) is 0. The highest BCUT2D eigenvalue weighted by Gasteiger charge is 2.24. The Morgan fingerprint density at radius 1 is 1.41 bits per heavy atom. The summed E-state index contributed by atoms with van der Waals surface area (Å²) in [6, 6.07) is 9.62. The lowest BCUT2D eigenvalue weighted by Crippen LogP contribution is -2.51. The summed E-state index contributed by atoms with van der Waals surface area (Å²) in [5, 5.41) is 8.41. The number of halogens is 1. The second-order valence-corrected chi connectivity index (χ2v) is 6.05. The van der Waals surface area contributed by atoms with Crippen LogP contribution in [-0.2, 0) is 0 Å². The summed E-state index contributed by atoms with van der Waals surface area (Å²) >= 11 is 6.22. The first-order valence-corrected chi connectivity index (χ1v) is 7.78. The van der Waals surface area contributed by atoms with Gasteiger partial charge in [-0.05, 0) is 32.0 Å². The van der Waals surface area contributed by atoms with Gasteiger partial charge in [0.05, 0.1) is 10.7 Å². The Morgan fingerprint density at radius 2 is 2.18 bits per heavy atom. The first-order chi connectivity index (χ1) is 10.6. The Morgan fingerprint density at radius 3 is 2.91 bits per heavy atom. The normalized spacial score (nSPS) is 18.5. The van der Waals surface area contributed by atoms with Crippen LogP contribution in [0.4, 0.5) is 0 Å². The van der Waals surface area contributed by atoms with E-state index in [0.717, 1.165) is 17.9 Å². The lowest BCUT2D eigenvalue weighted by molar-refractivity contribution is 0.0702. The van der Waals surface area contributed by atoms with Gasteiger partial charge in [0, 0.05) is 31.4 Å². The molecular formula is C16H19ClN4O. The number of amides is 1. The van der Waals surface area contributed by atoms with Crippen LogP contribution in [0.2, 0.25) is 5.02 Å². The second kappa shape index (κ2) is 6.10. The van der Waals surface area contributed by atoms with E-state index in [2.05, 4.69) is 17.3 Å². The number of carbonyl (C=O) groups excluding carboxylic acids is 1. The van der Waals surface area contributed by atoms with Crippen molar-refractivity contribution in [3.8, 4) is 5.69 Å². The molecule has 0 spiro atoms. The van der Waals surface area contributed by atoms with Crippen molar-refractivity contribution in [1.82, 2.24) is 20.0 Å². The van der Waals surface area contributed by atoms with Gasteiger partial charge in [0.25, 0.3) is 5.91 Å². The van der Waals surface area contributed by atoms with Crippen molar-refractivity contribution in [3.05, 3.63) is 46.7 Å². The van der Waals surface area contributed by atoms with E-state index in [1.165, 1.54) is 0 Å². The highest BCUT2D eigenvalue weighted by Crippen LogP contribution is 2.21. The molecule has 2 aromatic rings. The van der Waals surface area contributed by atoms with Crippen LogP contribution in [0.5, 0.6) is 0 Å². The third-order valence-electron chi connectivity index (χ3n) is 3.84. The summed E-state index contributed by atoms with van der Waals surface area (Å²) < 4.78 is 1.72. The first-order valence-electron chi connectivity index (χ1n) is 7.40. The van der Waals surface area contributed by atoms with Crippen LogP contribution in [0.15, 0.2) is 30.3 Å². The molecule has 1 saturated heterocycles. The molecule has 22 heavy (non-hydrogen) atoms. The smallest absolute Gasteiger partial charge is 0.274 e. The number of piperazine rings is 1. The average molecular weight is 319 g/mol. The van der Waals surface area contributed by atoms with Gasteiger partial charge in [0.1, 0.15) is 0 Å². The SMILES string of the molecule is Cc1cc(C(=O)N2CCN[C@H](C)C2)nn1-c1ccccc1Cl. The molecule has 5 nitrogen and oxygen atoms in total. The fourth-order valence-electron chi connectivity index (χ4n) is 2.73. The maximum Gasteiger partial charge on any atom is 0.274 e. The van der Waals surface area contributed by atoms with Gasteiger partial charge >= 0.3 is 0 Å². The molecule has 6 heteroatoms. The standard InChI is InChI=1S/C16H19ClN4O/c1-11-10-20(8-7-18-11)16(22)14-9-12(2)21(19-14)15-6-4-3-5-13(15)17/h3-6,9,11,18H,7-8,10H2,1-2H3/t11-/m1/s1. The van der Waals surface area contributed by atoms with Crippen molar-refractivity contribution >= 4 is 17.5 Å². The van der Waals surface area contributed by atoms with Crippen LogP contribution in [0.1, 0.15) is 23.1 Å². The molecule has 116 valence electrons. The number of para-hydroxylation sites is 1. The molecule has 0 unspecified atom stereocenters. The molecule has 1 aromatic heterocycles. The van der Waals surface area contributed by atoms with E-state index in [-0.39, 0.29) is 5.91 Å². The third-order valence-corrected chi connectivity index (χ3v) is 4.16. The number of aryl methyl sites for hydroxylation is 1. The number of rotatable bonds is 2. The number of hydrogen-bond acceptors (Lipinski definition) is 3. The summed E-state index contributed by atoms with van der Waals surface area (Å²) in [6.45, 7) is 6.23. The Hall–Kier alpha value is -1.85. The second-order valence-electron chi connectivity index (χ2n) is 5.64. The van der Waals surface area contributed by atoms with Crippen molar-refractivity contribution < 1.29 is 4.79 Å². The fraction of sp³-hybridized carbons (Fsp3) is 0.375. The average Bonchev–Trinajstić information content (AvgIpc) is 2.89. The van der Waals surface area contributed by atoms with Crippen LogP contribution in [0.3, 0.4) is 0 Å². The fourth-order valence-corrected chi connectivity index (χ4v) is 2.94. The quantitative estimate of drug-likeness (QED) is 0.924. The van der Waals surface area contributed by atoms with Crippen molar-refractivity contribution in [2.24, 2.45) is 0 Å². The van der Waals surface area contributed by atoms with Gasteiger partial charge in [0.15, 0.2) is 5.69 Å². The first kappa shape index (κ1) is 15.1. The summed E-state index contributed by atoms with van der Waals surface area (Å²) in [5.74, 6) is -0.0257. The number of hydrogen-bond donors (Lipinski definition) is 1. The Balaban J connectivity index is 1.89. The van der Waals surface area contributed by atoms with Crippen molar-refractivity contribution in [1.29, 1.82) is 0 Å². The van der Waals surface area contributed by atoms with Crippen molar-refractivity contribution in [2.45, 2.75) is 19.9 Å². The van der Waals surface area contributed by atoms with Crippen molar-refractivity contribution in [3.63, 3.8) is 0 Å². The van der Waals surface area contributed by atoms with Crippen LogP contribution in [0.25, 0.3) is 5.69 Å². The monoisotopic (exact) mass is 318 g/mol. The number of aromatic nitrogens is 2. The molecule has 0 aliphatic carbocycles. The van der Waals surface area contributed by atoms with E-state index in [1.54, 1.807) is 4.68 Å². The topological polar surface area (TPSA) is 50.2 Å². The highest BCUT2D eigenvalue weighted by molar-refractivity contribution is 6.32. The van der Waals surface area contributed by atoms with Gasteiger partial charge in [-0.25, -0.2) is 4.68 Å². The molecule has 1 N–H and O–H groups in total. The molecule has 1 aliphatic heterocycles. The molecule has 0 bridgehead atoms. The molecule has 2 heterocycles. The third kappa shape index (κ3) is 2.87. The van der Waals surface area contributed by atoms with Gasteiger partial charge in [-0.15, -0.1) is 0 Å².